The number of carbonyl (C=O) groups excluding carboxylic acids is 3. The van der Waals surface area contributed by atoms with Gasteiger partial charge in [-0.25, -0.2) is 4.79 Å². The van der Waals surface area contributed by atoms with Gasteiger partial charge in [-0.2, -0.15) is 0 Å². The first-order valence-corrected chi connectivity index (χ1v) is 14.4. The number of anilines is 2. The lowest BCUT2D eigenvalue weighted by molar-refractivity contribution is -0.115. The molecular formula is C31H30N2O6S2. The molecular weight excluding hydrogens is 560 g/mol. The highest BCUT2D eigenvalue weighted by atomic mass is 32.2. The molecule has 0 bridgehead atoms. The van der Waals surface area contributed by atoms with E-state index in [1.165, 1.54) is 44.4 Å². The molecule has 0 saturated carbocycles. The van der Waals surface area contributed by atoms with Crippen molar-refractivity contribution in [1.82, 2.24) is 0 Å². The average molecular weight is 591 g/mol. The Bertz CT molecular complexity index is 1540. The first-order chi connectivity index (χ1) is 19.7. The molecule has 1 aromatic heterocycles. The van der Waals surface area contributed by atoms with Crippen molar-refractivity contribution >= 4 is 51.6 Å². The molecule has 0 aliphatic carbocycles. The van der Waals surface area contributed by atoms with E-state index in [1.807, 2.05) is 42.6 Å². The first kappa shape index (κ1) is 29.7. The van der Waals surface area contributed by atoms with E-state index in [1.54, 1.807) is 43.3 Å². The summed E-state index contributed by atoms with van der Waals surface area (Å²) in [6, 6.07) is 20.1. The average Bonchev–Trinajstić information content (AvgIpc) is 3.39. The van der Waals surface area contributed by atoms with Crippen molar-refractivity contribution in [2.75, 3.05) is 32.0 Å². The molecule has 0 radical (unpaired) electrons. The maximum absolute atomic E-state index is 13.2. The second-order valence-corrected chi connectivity index (χ2v) is 11.3. The van der Waals surface area contributed by atoms with Crippen molar-refractivity contribution in [2.45, 2.75) is 24.0 Å². The van der Waals surface area contributed by atoms with Gasteiger partial charge in [-0.15, -0.1) is 23.1 Å². The third-order valence-corrected chi connectivity index (χ3v) is 8.20. The number of carbonyl (C=O) groups is 3. The van der Waals surface area contributed by atoms with Gasteiger partial charge >= 0.3 is 5.97 Å². The summed E-state index contributed by atoms with van der Waals surface area (Å²) in [5.74, 6) is -0.394. The third-order valence-electron chi connectivity index (χ3n) is 6.21. The van der Waals surface area contributed by atoms with E-state index in [2.05, 4.69) is 10.6 Å². The fourth-order valence-corrected chi connectivity index (χ4v) is 5.97. The lowest BCUT2D eigenvalue weighted by atomic mass is 10.0. The van der Waals surface area contributed by atoms with Crippen LogP contribution >= 0.6 is 23.1 Å². The number of aryl methyl sites for hydroxylation is 1. The van der Waals surface area contributed by atoms with Crippen LogP contribution in [0.25, 0.3) is 11.1 Å². The zero-order chi connectivity index (χ0) is 29.5. The van der Waals surface area contributed by atoms with Gasteiger partial charge in [0.25, 0.3) is 5.91 Å². The third kappa shape index (κ3) is 6.90. The topological polar surface area (TPSA) is 103 Å². The van der Waals surface area contributed by atoms with Crippen molar-refractivity contribution in [3.63, 3.8) is 0 Å². The Labute approximate surface area is 247 Å². The van der Waals surface area contributed by atoms with E-state index >= 15 is 0 Å². The number of thioether (sulfide) groups is 1. The molecule has 1 atom stereocenters. The van der Waals surface area contributed by atoms with Gasteiger partial charge in [-0.1, -0.05) is 42.0 Å². The second-order valence-electron chi connectivity index (χ2n) is 8.98. The molecule has 212 valence electrons. The number of nitrogens with one attached hydrogen (secondary N) is 2. The molecule has 1 unspecified atom stereocenters. The molecule has 0 aliphatic heterocycles. The number of amides is 2. The molecule has 0 aliphatic rings. The van der Waals surface area contributed by atoms with Gasteiger partial charge in [0.1, 0.15) is 27.6 Å². The standard InChI is InChI=1S/C31H30N2O6S2/c1-18-12-14-20(15-13-18)23-17-40-30(26(23)31(36)39-5)33-28(34)19(2)41-22-9-6-8-21(16-22)32-29(35)27-24(37-3)10-7-11-25(27)38-4/h6-17,19H,1-5H3,(H,32,35)(H,33,34). The Morgan fingerprint density at radius 2 is 1.51 bits per heavy atom. The van der Waals surface area contributed by atoms with Gasteiger partial charge in [0.05, 0.1) is 26.6 Å². The fraction of sp³-hybridized carbons (Fsp3) is 0.194. The Morgan fingerprint density at radius 1 is 0.854 bits per heavy atom. The largest absolute Gasteiger partial charge is 0.496 e. The zero-order valence-electron chi connectivity index (χ0n) is 23.3. The lowest BCUT2D eigenvalue weighted by Crippen LogP contribution is -2.23. The summed E-state index contributed by atoms with van der Waals surface area (Å²) in [6.07, 6.45) is 0. The highest BCUT2D eigenvalue weighted by Gasteiger charge is 2.24. The minimum Gasteiger partial charge on any atom is -0.496 e. The number of benzene rings is 3. The molecule has 41 heavy (non-hydrogen) atoms. The van der Waals surface area contributed by atoms with Crippen LogP contribution in [0, 0.1) is 6.92 Å². The molecule has 4 aromatic rings. The van der Waals surface area contributed by atoms with E-state index in [-0.39, 0.29) is 17.4 Å². The summed E-state index contributed by atoms with van der Waals surface area (Å²) >= 11 is 2.60. The second kappa shape index (κ2) is 13.4. The molecule has 1 heterocycles. The Hall–Kier alpha value is -4.28. The van der Waals surface area contributed by atoms with E-state index in [4.69, 9.17) is 14.2 Å². The van der Waals surface area contributed by atoms with Crippen LogP contribution < -0.4 is 20.1 Å². The summed E-state index contributed by atoms with van der Waals surface area (Å²) in [4.78, 5) is 39.7. The molecule has 3 aromatic carbocycles. The van der Waals surface area contributed by atoms with Gasteiger partial charge < -0.3 is 24.8 Å². The predicted molar refractivity (Wildman–Crippen MR) is 164 cm³/mol. The molecule has 0 fully saturated rings. The number of rotatable bonds is 10. The normalized spacial score (nSPS) is 11.3. The molecule has 2 N–H and O–H groups in total. The molecule has 0 saturated heterocycles. The molecule has 10 heteroatoms. The van der Waals surface area contributed by atoms with Crippen molar-refractivity contribution in [3.8, 4) is 22.6 Å². The number of thiophene rings is 1. The smallest absolute Gasteiger partial charge is 0.341 e. The maximum Gasteiger partial charge on any atom is 0.341 e. The quantitative estimate of drug-likeness (QED) is 0.153. The van der Waals surface area contributed by atoms with E-state index in [0.29, 0.717) is 33.3 Å². The van der Waals surface area contributed by atoms with Gasteiger partial charge in [0.15, 0.2) is 0 Å². The summed E-state index contributed by atoms with van der Waals surface area (Å²) < 4.78 is 15.7. The van der Waals surface area contributed by atoms with Gasteiger partial charge in [0.2, 0.25) is 5.91 Å². The van der Waals surface area contributed by atoms with Crippen LogP contribution in [0.5, 0.6) is 11.5 Å². The Balaban J connectivity index is 1.48. The van der Waals surface area contributed by atoms with Crippen molar-refractivity contribution in [1.29, 1.82) is 0 Å². The minimum atomic E-state index is -0.521. The highest BCUT2D eigenvalue weighted by molar-refractivity contribution is 8.00. The van der Waals surface area contributed by atoms with E-state index < -0.39 is 11.2 Å². The molecule has 4 rings (SSSR count). The van der Waals surface area contributed by atoms with Crippen LogP contribution in [-0.2, 0) is 9.53 Å². The van der Waals surface area contributed by atoms with Gasteiger partial charge in [0, 0.05) is 21.5 Å². The number of ether oxygens (including phenoxy) is 3. The number of esters is 1. The molecule has 0 spiro atoms. The number of hydrogen-bond acceptors (Lipinski definition) is 8. The van der Waals surface area contributed by atoms with Crippen molar-refractivity contribution in [2.24, 2.45) is 0 Å². The Morgan fingerprint density at radius 3 is 2.15 bits per heavy atom. The minimum absolute atomic E-state index is 0.273. The summed E-state index contributed by atoms with van der Waals surface area (Å²) in [7, 11) is 4.30. The number of hydrogen-bond donors (Lipinski definition) is 2. The summed E-state index contributed by atoms with van der Waals surface area (Å²) in [5, 5.41) is 7.54. The number of methoxy groups -OCH3 is 3. The predicted octanol–water partition coefficient (Wildman–Crippen LogP) is 6.90. The van der Waals surface area contributed by atoms with Crippen LogP contribution in [0.4, 0.5) is 10.7 Å². The first-order valence-electron chi connectivity index (χ1n) is 12.6. The Kier molecular flexibility index (Phi) is 9.69. The fourth-order valence-electron chi connectivity index (χ4n) is 4.09. The zero-order valence-corrected chi connectivity index (χ0v) is 24.9. The molecule has 2 amide bonds. The lowest BCUT2D eigenvalue weighted by Gasteiger charge is -2.15. The van der Waals surface area contributed by atoms with E-state index in [0.717, 1.165) is 16.0 Å². The van der Waals surface area contributed by atoms with Crippen molar-refractivity contribution < 1.29 is 28.6 Å². The highest BCUT2D eigenvalue weighted by Crippen LogP contribution is 2.37. The summed E-state index contributed by atoms with van der Waals surface area (Å²) in [5.41, 5.74) is 3.82. The summed E-state index contributed by atoms with van der Waals surface area (Å²) in [6.45, 7) is 3.77. The van der Waals surface area contributed by atoms with Crippen LogP contribution in [-0.4, -0.2) is 44.4 Å². The van der Waals surface area contributed by atoms with Gasteiger partial charge in [-0.05, 0) is 49.7 Å². The molecule has 8 nitrogen and oxygen atoms in total. The maximum atomic E-state index is 13.2. The van der Waals surface area contributed by atoms with Crippen LogP contribution in [0.3, 0.4) is 0 Å². The van der Waals surface area contributed by atoms with Gasteiger partial charge in [-0.3, -0.25) is 9.59 Å². The monoisotopic (exact) mass is 590 g/mol. The van der Waals surface area contributed by atoms with Crippen LogP contribution in [0.2, 0.25) is 0 Å². The van der Waals surface area contributed by atoms with E-state index in [9.17, 15) is 14.4 Å². The van der Waals surface area contributed by atoms with Crippen molar-refractivity contribution in [3.05, 3.63) is 88.8 Å². The van der Waals surface area contributed by atoms with Crippen LogP contribution in [0.1, 0.15) is 33.2 Å². The SMILES string of the molecule is COC(=O)c1c(-c2ccc(C)cc2)csc1NC(=O)C(C)Sc1cccc(NC(=O)c2c(OC)cccc2OC)c1. The van der Waals surface area contributed by atoms with Crippen LogP contribution in [0.15, 0.2) is 77.0 Å².